The smallest absolute Gasteiger partial charge is 0.406 e. The van der Waals surface area contributed by atoms with E-state index in [1.807, 2.05) is 12.1 Å². The maximum Gasteiger partial charge on any atom is 0.573 e. The van der Waals surface area contributed by atoms with Crippen LogP contribution in [0.15, 0.2) is 53.5 Å². The largest absolute Gasteiger partial charge is 0.573 e. The molecule has 0 saturated carbocycles. The van der Waals surface area contributed by atoms with Crippen LogP contribution in [0.1, 0.15) is 11.1 Å². The molecule has 1 aliphatic heterocycles. The fraction of sp³-hybridized carbons (Fsp3) is 0.133. The van der Waals surface area contributed by atoms with Crippen LogP contribution in [0.4, 0.5) is 18.9 Å². The Bertz CT molecular complexity index is 758. The fourth-order valence-corrected chi connectivity index (χ4v) is 2.35. The first kappa shape index (κ1) is 15.2. The van der Waals surface area contributed by atoms with Crippen molar-refractivity contribution >= 4 is 11.5 Å². The lowest BCUT2D eigenvalue weighted by Gasteiger charge is -2.33. The summed E-state index contributed by atoms with van der Waals surface area (Å²) in [6.45, 7) is 0. The molecule has 0 saturated heterocycles. The van der Waals surface area contributed by atoms with Gasteiger partial charge in [0, 0.05) is 16.8 Å². The minimum atomic E-state index is -4.74. The molecule has 2 aromatic carbocycles. The van der Waals surface area contributed by atoms with E-state index in [0.717, 1.165) is 0 Å². The maximum absolute atomic E-state index is 12.2. The third kappa shape index (κ3) is 3.07. The van der Waals surface area contributed by atoms with Gasteiger partial charge in [-0.15, -0.1) is 13.2 Å². The van der Waals surface area contributed by atoms with Gasteiger partial charge in [0.2, 0.25) is 5.79 Å². The molecule has 1 heterocycles. The highest BCUT2D eigenvalue weighted by Gasteiger charge is 2.33. The molecule has 5 N–H and O–H groups in total. The summed E-state index contributed by atoms with van der Waals surface area (Å²) >= 11 is 0. The number of hydrogen-bond donors (Lipinski definition) is 3. The molecule has 0 aliphatic carbocycles. The zero-order valence-corrected chi connectivity index (χ0v) is 11.8. The van der Waals surface area contributed by atoms with Crippen LogP contribution < -0.4 is 21.5 Å². The second-order valence-corrected chi connectivity index (χ2v) is 5.01. The molecule has 2 aromatic rings. The van der Waals surface area contributed by atoms with Crippen molar-refractivity contribution in [3.8, 4) is 5.75 Å². The Balaban J connectivity index is 1.91. The number of anilines is 1. The molecule has 0 radical (unpaired) electrons. The van der Waals surface area contributed by atoms with Gasteiger partial charge in [0.05, 0.1) is 0 Å². The molecule has 3 rings (SSSR count). The van der Waals surface area contributed by atoms with Gasteiger partial charge in [-0.2, -0.15) is 0 Å². The van der Waals surface area contributed by atoms with Gasteiger partial charge in [0.1, 0.15) is 11.6 Å². The number of amidine groups is 1. The van der Waals surface area contributed by atoms with Crippen LogP contribution in [0.3, 0.4) is 0 Å². The Morgan fingerprint density at radius 3 is 2.35 bits per heavy atom. The maximum atomic E-state index is 12.2. The third-order valence-corrected chi connectivity index (χ3v) is 3.35. The number of para-hydroxylation sites is 1. The van der Waals surface area contributed by atoms with Gasteiger partial charge in [-0.25, -0.2) is 4.99 Å². The SMILES string of the molecule is NC1=NC(N)(c2ccc(OC(F)(F)F)cc2)Nc2ccccc21. The Morgan fingerprint density at radius 1 is 1.04 bits per heavy atom. The van der Waals surface area contributed by atoms with E-state index in [0.29, 0.717) is 16.8 Å². The van der Waals surface area contributed by atoms with E-state index in [1.54, 1.807) is 12.1 Å². The number of benzene rings is 2. The van der Waals surface area contributed by atoms with Gasteiger partial charge >= 0.3 is 6.36 Å². The number of ether oxygens (including phenoxy) is 1. The molecule has 1 unspecified atom stereocenters. The topological polar surface area (TPSA) is 85.7 Å². The van der Waals surface area contributed by atoms with Crippen molar-refractivity contribution in [2.24, 2.45) is 16.5 Å². The average Bonchev–Trinajstić information content (AvgIpc) is 2.46. The Morgan fingerprint density at radius 2 is 1.70 bits per heavy atom. The zero-order valence-electron chi connectivity index (χ0n) is 11.8. The minimum absolute atomic E-state index is 0.248. The van der Waals surface area contributed by atoms with Gasteiger partial charge in [-0.3, -0.25) is 5.73 Å². The number of aliphatic imine (C=N–C) groups is 1. The molecular weight excluding hydrogens is 309 g/mol. The quantitative estimate of drug-likeness (QED) is 0.793. The second kappa shape index (κ2) is 5.17. The summed E-state index contributed by atoms with van der Waals surface area (Å²) in [6.07, 6.45) is -4.74. The van der Waals surface area contributed by atoms with Crippen molar-refractivity contribution in [1.82, 2.24) is 0 Å². The van der Waals surface area contributed by atoms with Gasteiger partial charge in [-0.1, -0.05) is 12.1 Å². The van der Waals surface area contributed by atoms with Crippen LogP contribution in [-0.4, -0.2) is 12.2 Å². The van der Waals surface area contributed by atoms with Gasteiger partial charge in [-0.05, 0) is 36.4 Å². The molecule has 0 amide bonds. The first-order chi connectivity index (χ1) is 10.8. The standard InChI is InChI=1S/C15H13F3N4O/c16-15(17,18)23-10-7-5-9(6-8-10)14(20)21-12-4-2-1-3-11(12)13(19)22-14/h1-8,21H,20H2,(H2,19,22). The molecule has 8 heteroatoms. The highest BCUT2D eigenvalue weighted by atomic mass is 19.4. The Hall–Kier alpha value is -2.74. The van der Waals surface area contributed by atoms with E-state index in [9.17, 15) is 13.2 Å². The lowest BCUT2D eigenvalue weighted by atomic mass is 10.0. The number of halogens is 3. The van der Waals surface area contributed by atoms with Crippen LogP contribution in [0.25, 0.3) is 0 Å². The minimum Gasteiger partial charge on any atom is -0.406 e. The summed E-state index contributed by atoms with van der Waals surface area (Å²) in [5, 5.41) is 3.04. The molecule has 0 fully saturated rings. The van der Waals surface area contributed by atoms with E-state index in [-0.39, 0.29) is 11.6 Å². The van der Waals surface area contributed by atoms with Gasteiger partial charge in [0.15, 0.2) is 0 Å². The van der Waals surface area contributed by atoms with Gasteiger partial charge < -0.3 is 15.8 Å². The van der Waals surface area contributed by atoms with Crippen molar-refractivity contribution < 1.29 is 17.9 Å². The van der Waals surface area contributed by atoms with E-state index in [1.165, 1.54) is 24.3 Å². The average molecular weight is 322 g/mol. The first-order valence-electron chi connectivity index (χ1n) is 6.65. The van der Waals surface area contributed by atoms with Gasteiger partial charge in [0.25, 0.3) is 0 Å². The summed E-state index contributed by atoms with van der Waals surface area (Å²) in [4.78, 5) is 4.23. The summed E-state index contributed by atoms with van der Waals surface area (Å²) in [5.41, 5.74) is 14.0. The Kier molecular flexibility index (Phi) is 3.41. The highest BCUT2D eigenvalue weighted by molar-refractivity contribution is 6.04. The van der Waals surface area contributed by atoms with Crippen molar-refractivity contribution in [3.05, 3.63) is 59.7 Å². The van der Waals surface area contributed by atoms with Crippen molar-refractivity contribution in [1.29, 1.82) is 0 Å². The number of nitrogens with one attached hydrogen (secondary N) is 1. The summed E-state index contributed by atoms with van der Waals surface area (Å²) in [6, 6.07) is 12.4. The monoisotopic (exact) mass is 322 g/mol. The van der Waals surface area contributed by atoms with Crippen LogP contribution in [0.2, 0.25) is 0 Å². The summed E-state index contributed by atoms with van der Waals surface area (Å²) in [5.74, 6) is -1.45. The van der Waals surface area contributed by atoms with Crippen molar-refractivity contribution in [2.75, 3.05) is 5.32 Å². The first-order valence-corrected chi connectivity index (χ1v) is 6.65. The van der Waals surface area contributed by atoms with E-state index in [2.05, 4.69) is 15.0 Å². The van der Waals surface area contributed by atoms with Crippen LogP contribution in [-0.2, 0) is 5.79 Å². The van der Waals surface area contributed by atoms with Crippen LogP contribution in [0.5, 0.6) is 5.75 Å². The number of fused-ring (bicyclic) bond motifs is 1. The number of hydrogen-bond acceptors (Lipinski definition) is 5. The highest BCUT2D eigenvalue weighted by Crippen LogP contribution is 2.31. The molecule has 0 bridgehead atoms. The lowest BCUT2D eigenvalue weighted by molar-refractivity contribution is -0.274. The van der Waals surface area contributed by atoms with Crippen molar-refractivity contribution in [3.63, 3.8) is 0 Å². The van der Waals surface area contributed by atoms with E-state index in [4.69, 9.17) is 11.5 Å². The summed E-state index contributed by atoms with van der Waals surface area (Å²) in [7, 11) is 0. The number of nitrogens with two attached hydrogens (primary N) is 2. The molecule has 120 valence electrons. The molecule has 1 aliphatic rings. The third-order valence-electron chi connectivity index (χ3n) is 3.35. The lowest BCUT2D eigenvalue weighted by Crippen LogP contribution is -2.47. The predicted octanol–water partition coefficient (Wildman–Crippen LogP) is 2.49. The number of nitrogens with zero attached hydrogens (tertiary/aromatic N) is 1. The zero-order chi connectivity index (χ0) is 16.7. The normalized spacial score (nSPS) is 20.3. The van der Waals surface area contributed by atoms with Crippen LogP contribution in [0, 0.1) is 0 Å². The van der Waals surface area contributed by atoms with Crippen molar-refractivity contribution in [2.45, 2.75) is 12.1 Å². The van der Waals surface area contributed by atoms with E-state index >= 15 is 0 Å². The predicted molar refractivity (Wildman–Crippen MR) is 79.8 cm³/mol. The molecule has 1 atom stereocenters. The second-order valence-electron chi connectivity index (χ2n) is 5.01. The molecule has 0 aromatic heterocycles. The molecular formula is C15H13F3N4O. The number of alkyl halides is 3. The molecule has 5 nitrogen and oxygen atoms in total. The Labute approximate surface area is 129 Å². The molecule has 0 spiro atoms. The van der Waals surface area contributed by atoms with Crippen LogP contribution >= 0.6 is 0 Å². The summed E-state index contributed by atoms with van der Waals surface area (Å²) < 4.78 is 40.4. The number of rotatable bonds is 2. The fourth-order valence-electron chi connectivity index (χ4n) is 2.35. The van der Waals surface area contributed by atoms with E-state index < -0.39 is 12.1 Å². The molecule has 23 heavy (non-hydrogen) atoms.